The van der Waals surface area contributed by atoms with Crippen LogP contribution in [0.5, 0.6) is 0 Å². The SMILES string of the molecule is CCOC(=O)c1c(-c2ccccc2)nn2c(C)c(C(C)=O)nnc12. The lowest BCUT2D eigenvalue weighted by molar-refractivity contribution is 0.0529. The summed E-state index contributed by atoms with van der Waals surface area (Å²) in [7, 11) is 0. The molecule has 7 nitrogen and oxygen atoms in total. The molecule has 0 unspecified atom stereocenters. The van der Waals surface area contributed by atoms with Gasteiger partial charge in [0.05, 0.1) is 12.3 Å². The normalized spacial score (nSPS) is 10.8. The van der Waals surface area contributed by atoms with E-state index < -0.39 is 5.97 Å². The van der Waals surface area contributed by atoms with Crippen molar-refractivity contribution in [3.63, 3.8) is 0 Å². The predicted molar refractivity (Wildman–Crippen MR) is 86.9 cm³/mol. The molecule has 0 spiro atoms. The average Bonchev–Trinajstić information content (AvgIpc) is 2.96. The topological polar surface area (TPSA) is 86.5 Å². The third-order valence-electron chi connectivity index (χ3n) is 3.63. The van der Waals surface area contributed by atoms with Crippen LogP contribution in [0.4, 0.5) is 0 Å². The van der Waals surface area contributed by atoms with Crippen LogP contribution in [0.25, 0.3) is 16.9 Å². The van der Waals surface area contributed by atoms with Crippen molar-refractivity contribution in [1.29, 1.82) is 0 Å². The van der Waals surface area contributed by atoms with Gasteiger partial charge < -0.3 is 4.74 Å². The average molecular weight is 324 g/mol. The number of carbonyl (C=O) groups is 2. The maximum Gasteiger partial charge on any atom is 0.344 e. The molecule has 3 rings (SSSR count). The van der Waals surface area contributed by atoms with Crippen molar-refractivity contribution in [3.8, 4) is 11.3 Å². The number of fused-ring (bicyclic) bond motifs is 1. The molecule has 122 valence electrons. The Kier molecular flexibility index (Phi) is 4.07. The Hall–Kier alpha value is -3.09. The maximum absolute atomic E-state index is 12.4. The van der Waals surface area contributed by atoms with E-state index in [2.05, 4.69) is 15.3 Å². The van der Waals surface area contributed by atoms with E-state index in [0.717, 1.165) is 5.56 Å². The van der Waals surface area contributed by atoms with Crippen LogP contribution >= 0.6 is 0 Å². The lowest BCUT2D eigenvalue weighted by Gasteiger charge is -2.03. The Bertz CT molecular complexity index is 932. The van der Waals surface area contributed by atoms with Gasteiger partial charge in [-0.2, -0.15) is 5.10 Å². The Labute approximate surface area is 138 Å². The van der Waals surface area contributed by atoms with Gasteiger partial charge in [0.25, 0.3) is 0 Å². The number of esters is 1. The van der Waals surface area contributed by atoms with Crippen LogP contribution in [0.3, 0.4) is 0 Å². The number of carbonyl (C=O) groups excluding carboxylic acids is 2. The van der Waals surface area contributed by atoms with E-state index in [-0.39, 0.29) is 29.3 Å². The number of hydrogen-bond acceptors (Lipinski definition) is 6. The second kappa shape index (κ2) is 6.19. The second-order valence-corrected chi connectivity index (χ2v) is 5.24. The highest BCUT2D eigenvalue weighted by atomic mass is 16.5. The zero-order chi connectivity index (χ0) is 17.3. The third kappa shape index (κ3) is 2.54. The van der Waals surface area contributed by atoms with Crippen molar-refractivity contribution < 1.29 is 14.3 Å². The number of Topliss-reactive ketones (excluding diaryl/α,β-unsaturated/α-hetero) is 1. The molecule has 2 aromatic heterocycles. The molecule has 0 atom stereocenters. The largest absolute Gasteiger partial charge is 0.462 e. The fourth-order valence-corrected chi connectivity index (χ4v) is 2.52. The van der Waals surface area contributed by atoms with Crippen LogP contribution in [0.15, 0.2) is 30.3 Å². The standard InChI is InChI=1S/C17H16N4O3/c1-4-24-17(23)13-15(12-8-6-5-7-9-12)20-21-10(2)14(11(3)22)18-19-16(13)21/h5-9H,4H2,1-3H3. The monoisotopic (exact) mass is 324 g/mol. The van der Waals surface area contributed by atoms with Crippen LogP contribution in [0.1, 0.15) is 40.4 Å². The van der Waals surface area contributed by atoms with Gasteiger partial charge in [-0.3, -0.25) is 4.79 Å². The summed E-state index contributed by atoms with van der Waals surface area (Å²) in [5.41, 5.74) is 2.48. The van der Waals surface area contributed by atoms with Crippen molar-refractivity contribution in [2.75, 3.05) is 6.61 Å². The molecule has 0 saturated carbocycles. The maximum atomic E-state index is 12.4. The Balaban J connectivity index is 2.33. The molecule has 0 N–H and O–H groups in total. The lowest BCUT2D eigenvalue weighted by atomic mass is 10.1. The summed E-state index contributed by atoms with van der Waals surface area (Å²) in [5, 5.41) is 12.5. The van der Waals surface area contributed by atoms with Gasteiger partial charge in [0.1, 0.15) is 17.0 Å². The second-order valence-electron chi connectivity index (χ2n) is 5.24. The number of ketones is 1. The van der Waals surface area contributed by atoms with Crippen LogP contribution in [0.2, 0.25) is 0 Å². The Morgan fingerprint density at radius 3 is 2.50 bits per heavy atom. The van der Waals surface area contributed by atoms with Crippen LogP contribution in [0, 0.1) is 6.92 Å². The fourth-order valence-electron chi connectivity index (χ4n) is 2.52. The third-order valence-corrected chi connectivity index (χ3v) is 3.63. The highest BCUT2D eigenvalue weighted by Gasteiger charge is 2.25. The molecular formula is C17H16N4O3. The first-order chi connectivity index (χ1) is 11.5. The zero-order valence-electron chi connectivity index (χ0n) is 13.6. The van der Waals surface area contributed by atoms with Crippen molar-refractivity contribution >= 4 is 17.4 Å². The molecular weight excluding hydrogens is 308 g/mol. The van der Waals surface area contributed by atoms with Gasteiger partial charge in [0, 0.05) is 12.5 Å². The highest BCUT2D eigenvalue weighted by molar-refractivity contribution is 6.02. The molecule has 0 amide bonds. The molecule has 2 heterocycles. The Morgan fingerprint density at radius 1 is 1.17 bits per heavy atom. The quantitative estimate of drug-likeness (QED) is 0.541. The first-order valence-corrected chi connectivity index (χ1v) is 7.54. The van der Waals surface area contributed by atoms with Gasteiger partial charge in [-0.05, 0) is 13.8 Å². The van der Waals surface area contributed by atoms with E-state index in [1.165, 1.54) is 11.4 Å². The number of aromatic nitrogens is 4. The summed E-state index contributed by atoms with van der Waals surface area (Å²) >= 11 is 0. The van der Waals surface area contributed by atoms with Crippen molar-refractivity contribution in [2.24, 2.45) is 0 Å². The van der Waals surface area contributed by atoms with Gasteiger partial charge in [-0.1, -0.05) is 30.3 Å². The molecule has 24 heavy (non-hydrogen) atoms. The number of ether oxygens (including phenoxy) is 1. The van der Waals surface area contributed by atoms with Gasteiger partial charge in [-0.15, -0.1) is 10.2 Å². The number of rotatable bonds is 4. The minimum Gasteiger partial charge on any atom is -0.462 e. The molecule has 1 aromatic carbocycles. The molecule has 0 bridgehead atoms. The first-order valence-electron chi connectivity index (χ1n) is 7.54. The predicted octanol–water partition coefficient (Wildman–Crippen LogP) is 2.48. The van der Waals surface area contributed by atoms with Crippen molar-refractivity contribution in [2.45, 2.75) is 20.8 Å². The van der Waals surface area contributed by atoms with Gasteiger partial charge >= 0.3 is 5.97 Å². The summed E-state index contributed by atoms with van der Waals surface area (Å²) in [6.45, 7) is 5.10. The smallest absolute Gasteiger partial charge is 0.344 e. The van der Waals surface area contributed by atoms with Crippen LogP contribution < -0.4 is 0 Å². The lowest BCUT2D eigenvalue weighted by Crippen LogP contribution is -2.11. The van der Waals surface area contributed by atoms with Crippen molar-refractivity contribution in [3.05, 3.63) is 47.3 Å². The molecule has 0 radical (unpaired) electrons. The highest BCUT2D eigenvalue weighted by Crippen LogP contribution is 2.26. The fraction of sp³-hybridized carbons (Fsp3) is 0.235. The van der Waals surface area contributed by atoms with Crippen molar-refractivity contribution in [1.82, 2.24) is 19.8 Å². The molecule has 0 fully saturated rings. The van der Waals surface area contributed by atoms with Crippen LogP contribution in [-0.2, 0) is 4.74 Å². The summed E-state index contributed by atoms with van der Waals surface area (Å²) in [6, 6.07) is 9.28. The van der Waals surface area contributed by atoms with E-state index in [1.807, 2.05) is 30.3 Å². The summed E-state index contributed by atoms with van der Waals surface area (Å²) in [6.07, 6.45) is 0. The van der Waals surface area contributed by atoms with E-state index in [9.17, 15) is 9.59 Å². The van der Waals surface area contributed by atoms with E-state index >= 15 is 0 Å². The van der Waals surface area contributed by atoms with Gasteiger partial charge in [0.2, 0.25) is 0 Å². The minimum absolute atomic E-state index is 0.212. The molecule has 0 aliphatic heterocycles. The zero-order valence-corrected chi connectivity index (χ0v) is 13.6. The van der Waals surface area contributed by atoms with E-state index in [4.69, 9.17) is 4.74 Å². The molecule has 3 aromatic rings. The molecule has 0 aliphatic rings. The summed E-state index contributed by atoms with van der Waals surface area (Å²) in [4.78, 5) is 24.1. The molecule has 7 heteroatoms. The van der Waals surface area contributed by atoms with E-state index in [0.29, 0.717) is 11.4 Å². The summed E-state index contributed by atoms with van der Waals surface area (Å²) < 4.78 is 6.62. The minimum atomic E-state index is -0.518. The number of benzene rings is 1. The number of hydrogen-bond donors (Lipinski definition) is 0. The number of aryl methyl sites for hydroxylation is 1. The van der Waals surface area contributed by atoms with Gasteiger partial charge in [0.15, 0.2) is 11.4 Å². The molecule has 0 saturated heterocycles. The molecule has 0 aliphatic carbocycles. The Morgan fingerprint density at radius 2 is 1.88 bits per heavy atom. The number of nitrogens with zero attached hydrogens (tertiary/aromatic N) is 4. The van der Waals surface area contributed by atoms with Gasteiger partial charge in [-0.25, -0.2) is 9.31 Å². The first kappa shape index (κ1) is 15.8. The van der Waals surface area contributed by atoms with Crippen LogP contribution in [-0.4, -0.2) is 38.2 Å². The van der Waals surface area contributed by atoms with E-state index in [1.54, 1.807) is 13.8 Å². The summed E-state index contributed by atoms with van der Waals surface area (Å²) in [5.74, 6) is -0.730.